The average molecular weight is 410 g/mol. The van der Waals surface area contributed by atoms with Gasteiger partial charge in [0.2, 0.25) is 0 Å². The van der Waals surface area contributed by atoms with Crippen LogP contribution in [0.1, 0.15) is 5.56 Å². The SMILES string of the molecule is O=C(/C=N\OCC(=O)Nc1ccc(C(F)(F)F)cc1)Nc1cccc([N+](=O)[O-])c1. The number of oxime groups is 1. The van der Waals surface area contributed by atoms with Gasteiger partial charge in [0.25, 0.3) is 17.5 Å². The summed E-state index contributed by atoms with van der Waals surface area (Å²) in [5.74, 6) is -1.46. The molecule has 0 bridgehead atoms. The van der Waals surface area contributed by atoms with E-state index in [0.717, 1.165) is 30.3 Å². The van der Waals surface area contributed by atoms with E-state index in [-0.39, 0.29) is 17.1 Å². The summed E-state index contributed by atoms with van der Waals surface area (Å²) in [5.41, 5.74) is -0.781. The highest BCUT2D eigenvalue weighted by Crippen LogP contribution is 2.29. The van der Waals surface area contributed by atoms with E-state index < -0.39 is 35.1 Å². The first-order valence-corrected chi connectivity index (χ1v) is 7.83. The van der Waals surface area contributed by atoms with Gasteiger partial charge in [-0.3, -0.25) is 19.7 Å². The first-order valence-electron chi connectivity index (χ1n) is 7.83. The first-order chi connectivity index (χ1) is 13.6. The standard InChI is InChI=1S/C17H13F3N4O5/c18-17(19,20)11-4-6-12(7-5-11)22-16(26)10-29-21-9-15(25)23-13-2-1-3-14(8-13)24(27)28/h1-9H,10H2,(H,22,26)(H,23,25)/b21-9-. The molecule has 9 nitrogen and oxygen atoms in total. The maximum Gasteiger partial charge on any atom is 0.416 e. The van der Waals surface area contributed by atoms with Crippen LogP contribution < -0.4 is 10.6 Å². The van der Waals surface area contributed by atoms with Gasteiger partial charge in [-0.2, -0.15) is 13.2 Å². The summed E-state index contributed by atoms with van der Waals surface area (Å²) >= 11 is 0. The van der Waals surface area contributed by atoms with Crippen molar-refractivity contribution in [1.82, 2.24) is 0 Å². The molecule has 0 fully saturated rings. The van der Waals surface area contributed by atoms with Crippen LogP contribution in [0, 0.1) is 10.1 Å². The van der Waals surface area contributed by atoms with Gasteiger partial charge in [-0.25, -0.2) is 0 Å². The van der Waals surface area contributed by atoms with Crippen LogP contribution >= 0.6 is 0 Å². The van der Waals surface area contributed by atoms with Crippen LogP contribution in [0.25, 0.3) is 0 Å². The van der Waals surface area contributed by atoms with Gasteiger partial charge in [0.15, 0.2) is 6.61 Å². The monoisotopic (exact) mass is 410 g/mol. The molecule has 0 aliphatic heterocycles. The van der Waals surface area contributed by atoms with Crippen molar-refractivity contribution in [2.75, 3.05) is 17.2 Å². The molecule has 0 heterocycles. The number of nitro groups is 1. The number of nitro benzene ring substituents is 1. The number of hydrogen-bond acceptors (Lipinski definition) is 6. The van der Waals surface area contributed by atoms with E-state index in [1.54, 1.807) is 0 Å². The molecule has 0 atom stereocenters. The second kappa shape index (κ2) is 9.30. The first kappa shape index (κ1) is 21.3. The number of rotatable bonds is 7. The zero-order valence-electron chi connectivity index (χ0n) is 14.5. The molecule has 2 aromatic carbocycles. The Morgan fingerprint density at radius 1 is 1.10 bits per heavy atom. The molecule has 2 N–H and O–H groups in total. The number of carbonyl (C=O) groups excluding carboxylic acids is 2. The Labute approximate surface area is 161 Å². The molecule has 0 aromatic heterocycles. The lowest BCUT2D eigenvalue weighted by atomic mass is 10.2. The Morgan fingerprint density at radius 3 is 2.41 bits per heavy atom. The predicted molar refractivity (Wildman–Crippen MR) is 96.2 cm³/mol. The molecule has 152 valence electrons. The summed E-state index contributed by atoms with van der Waals surface area (Å²) in [6.07, 6.45) is -3.77. The lowest BCUT2D eigenvalue weighted by molar-refractivity contribution is -0.384. The topological polar surface area (TPSA) is 123 Å². The highest BCUT2D eigenvalue weighted by Gasteiger charge is 2.29. The molecule has 2 amide bonds. The van der Waals surface area contributed by atoms with Gasteiger partial charge in [-0.1, -0.05) is 11.2 Å². The van der Waals surface area contributed by atoms with Crippen molar-refractivity contribution >= 4 is 35.1 Å². The Balaban J connectivity index is 1.77. The second-order valence-corrected chi connectivity index (χ2v) is 5.43. The number of nitrogens with one attached hydrogen (secondary N) is 2. The van der Waals surface area contributed by atoms with E-state index in [4.69, 9.17) is 0 Å². The molecule has 0 aliphatic carbocycles. The van der Waals surface area contributed by atoms with Gasteiger partial charge < -0.3 is 15.5 Å². The third-order valence-corrected chi connectivity index (χ3v) is 3.26. The van der Waals surface area contributed by atoms with Crippen LogP contribution in [0.3, 0.4) is 0 Å². The van der Waals surface area contributed by atoms with Crippen LogP contribution in [0.4, 0.5) is 30.2 Å². The summed E-state index contributed by atoms with van der Waals surface area (Å²) in [7, 11) is 0. The third-order valence-electron chi connectivity index (χ3n) is 3.26. The fourth-order valence-corrected chi connectivity index (χ4v) is 1.99. The number of non-ortho nitro benzene ring substituents is 1. The van der Waals surface area contributed by atoms with Crippen LogP contribution in [0.15, 0.2) is 53.7 Å². The largest absolute Gasteiger partial charge is 0.416 e. The maximum absolute atomic E-state index is 12.5. The molecule has 12 heteroatoms. The molecular weight excluding hydrogens is 397 g/mol. The Bertz CT molecular complexity index is 929. The van der Waals surface area contributed by atoms with Crippen molar-refractivity contribution in [2.45, 2.75) is 6.18 Å². The highest BCUT2D eigenvalue weighted by molar-refractivity contribution is 6.31. The molecular formula is C17H13F3N4O5. The number of alkyl halides is 3. The Kier molecular flexibility index (Phi) is 6.85. The Morgan fingerprint density at radius 2 is 1.79 bits per heavy atom. The number of hydrogen-bond donors (Lipinski definition) is 2. The van der Waals surface area contributed by atoms with Crippen molar-refractivity contribution < 1.29 is 32.5 Å². The summed E-state index contributed by atoms with van der Waals surface area (Å²) in [6, 6.07) is 8.99. The van der Waals surface area contributed by atoms with Crippen molar-refractivity contribution in [3.63, 3.8) is 0 Å². The second-order valence-electron chi connectivity index (χ2n) is 5.43. The number of nitrogens with zero attached hydrogens (tertiary/aromatic N) is 2. The molecule has 0 unspecified atom stereocenters. The van der Waals surface area contributed by atoms with E-state index >= 15 is 0 Å². The van der Waals surface area contributed by atoms with Crippen LogP contribution in [-0.4, -0.2) is 29.6 Å². The average Bonchev–Trinajstić information content (AvgIpc) is 2.65. The van der Waals surface area contributed by atoms with E-state index in [0.29, 0.717) is 6.21 Å². The zero-order chi connectivity index (χ0) is 21.4. The van der Waals surface area contributed by atoms with Crippen LogP contribution in [-0.2, 0) is 20.6 Å². The van der Waals surface area contributed by atoms with Crippen molar-refractivity contribution in [3.8, 4) is 0 Å². The number of halogens is 3. The van der Waals surface area contributed by atoms with Gasteiger partial charge in [0.05, 0.1) is 10.5 Å². The normalized spacial score (nSPS) is 11.1. The quantitative estimate of drug-likeness (QED) is 0.412. The molecule has 0 aliphatic rings. The van der Waals surface area contributed by atoms with Gasteiger partial charge in [0, 0.05) is 23.5 Å². The fourth-order valence-electron chi connectivity index (χ4n) is 1.99. The van der Waals surface area contributed by atoms with Crippen LogP contribution in [0.5, 0.6) is 0 Å². The van der Waals surface area contributed by atoms with Crippen molar-refractivity contribution in [1.29, 1.82) is 0 Å². The maximum atomic E-state index is 12.5. The lowest BCUT2D eigenvalue weighted by Gasteiger charge is -2.08. The molecule has 0 radical (unpaired) electrons. The van der Waals surface area contributed by atoms with E-state index in [1.807, 2.05) is 0 Å². The summed E-state index contributed by atoms with van der Waals surface area (Å²) in [6.45, 7) is -0.596. The minimum atomic E-state index is -4.48. The zero-order valence-corrected chi connectivity index (χ0v) is 14.5. The molecule has 0 saturated heterocycles. The minimum Gasteiger partial charge on any atom is -0.385 e. The van der Waals surface area contributed by atoms with Gasteiger partial charge in [0.1, 0.15) is 6.21 Å². The fraction of sp³-hybridized carbons (Fsp3) is 0.118. The van der Waals surface area contributed by atoms with Crippen LogP contribution in [0.2, 0.25) is 0 Å². The van der Waals surface area contributed by atoms with Crippen molar-refractivity contribution in [3.05, 3.63) is 64.2 Å². The number of amides is 2. The molecule has 0 spiro atoms. The van der Waals surface area contributed by atoms with E-state index in [2.05, 4.69) is 20.6 Å². The summed E-state index contributed by atoms with van der Waals surface area (Å²) in [5, 5.41) is 18.5. The summed E-state index contributed by atoms with van der Waals surface area (Å²) < 4.78 is 37.4. The van der Waals surface area contributed by atoms with Gasteiger partial charge in [-0.15, -0.1) is 0 Å². The minimum absolute atomic E-state index is 0.124. The molecule has 29 heavy (non-hydrogen) atoms. The molecule has 2 aromatic rings. The Hall–Kier alpha value is -3.96. The van der Waals surface area contributed by atoms with E-state index in [1.165, 1.54) is 18.2 Å². The predicted octanol–water partition coefficient (Wildman–Crippen LogP) is 3.19. The smallest absolute Gasteiger partial charge is 0.385 e. The highest BCUT2D eigenvalue weighted by atomic mass is 19.4. The van der Waals surface area contributed by atoms with Crippen molar-refractivity contribution in [2.24, 2.45) is 5.16 Å². The van der Waals surface area contributed by atoms with Gasteiger partial charge in [-0.05, 0) is 30.3 Å². The number of anilines is 2. The molecule has 2 rings (SSSR count). The summed E-state index contributed by atoms with van der Waals surface area (Å²) in [4.78, 5) is 37.9. The number of benzene rings is 2. The molecule has 0 saturated carbocycles. The lowest BCUT2D eigenvalue weighted by Crippen LogP contribution is -2.18. The van der Waals surface area contributed by atoms with E-state index in [9.17, 15) is 32.9 Å². The third kappa shape index (κ3) is 6.93. The van der Waals surface area contributed by atoms with Gasteiger partial charge >= 0.3 is 6.18 Å². The number of carbonyl (C=O) groups is 2.